The van der Waals surface area contributed by atoms with Crippen LogP contribution in [0.25, 0.3) is 0 Å². The van der Waals surface area contributed by atoms with E-state index in [2.05, 4.69) is 0 Å². The van der Waals surface area contributed by atoms with Crippen molar-refractivity contribution < 1.29 is 19.4 Å². The predicted octanol–water partition coefficient (Wildman–Crippen LogP) is 2.97. The molecular weight excluding hydrogens is 306 g/mol. The van der Waals surface area contributed by atoms with Crippen molar-refractivity contribution in [3.63, 3.8) is 0 Å². The van der Waals surface area contributed by atoms with E-state index in [4.69, 9.17) is 9.47 Å². The molecular formula is C19H21NO4. The second kappa shape index (κ2) is 7.25. The van der Waals surface area contributed by atoms with Gasteiger partial charge in [-0.15, -0.1) is 0 Å². The fourth-order valence-corrected chi connectivity index (χ4v) is 2.54. The van der Waals surface area contributed by atoms with E-state index in [1.807, 2.05) is 29.2 Å². The molecule has 0 bridgehead atoms. The number of carbonyl (C=O) groups is 1. The SMILES string of the molecule is COc1ccc(CN(C(=O)COc2ccccc2O)C2CC2)cc1. The molecule has 1 amide bonds. The van der Waals surface area contributed by atoms with Crippen LogP contribution < -0.4 is 9.47 Å². The number of nitrogens with zero attached hydrogens (tertiary/aromatic N) is 1. The normalized spacial score (nSPS) is 13.4. The lowest BCUT2D eigenvalue weighted by Crippen LogP contribution is -2.36. The van der Waals surface area contributed by atoms with Gasteiger partial charge in [-0.2, -0.15) is 0 Å². The monoisotopic (exact) mass is 327 g/mol. The molecule has 0 unspecified atom stereocenters. The average Bonchev–Trinajstić information content (AvgIpc) is 3.44. The fourth-order valence-electron chi connectivity index (χ4n) is 2.54. The maximum Gasteiger partial charge on any atom is 0.261 e. The minimum absolute atomic E-state index is 0.0402. The number of benzene rings is 2. The lowest BCUT2D eigenvalue weighted by molar-refractivity contribution is -0.134. The number of phenolic OH excluding ortho intramolecular Hbond substituents is 1. The van der Waals surface area contributed by atoms with Crippen molar-refractivity contribution in [2.75, 3.05) is 13.7 Å². The van der Waals surface area contributed by atoms with Crippen LogP contribution in [0, 0.1) is 0 Å². The van der Waals surface area contributed by atoms with Crippen LogP contribution in [0.15, 0.2) is 48.5 Å². The summed E-state index contributed by atoms with van der Waals surface area (Å²) in [4.78, 5) is 14.4. The Balaban J connectivity index is 1.62. The van der Waals surface area contributed by atoms with Crippen LogP contribution in [0.3, 0.4) is 0 Å². The molecule has 1 saturated carbocycles. The zero-order chi connectivity index (χ0) is 16.9. The number of hydrogen-bond donors (Lipinski definition) is 1. The molecule has 0 spiro atoms. The summed E-state index contributed by atoms with van der Waals surface area (Å²) in [5, 5.41) is 9.71. The molecule has 1 aliphatic rings. The van der Waals surface area contributed by atoms with Gasteiger partial charge >= 0.3 is 0 Å². The summed E-state index contributed by atoms with van der Waals surface area (Å²) >= 11 is 0. The second-order valence-electron chi connectivity index (χ2n) is 5.86. The quantitative estimate of drug-likeness (QED) is 0.849. The molecule has 24 heavy (non-hydrogen) atoms. The number of carbonyl (C=O) groups excluding carboxylic acids is 1. The van der Waals surface area contributed by atoms with Crippen LogP contribution in [0.5, 0.6) is 17.2 Å². The third-order valence-electron chi connectivity index (χ3n) is 4.04. The molecule has 0 saturated heterocycles. The van der Waals surface area contributed by atoms with E-state index in [-0.39, 0.29) is 24.3 Å². The van der Waals surface area contributed by atoms with Crippen LogP contribution >= 0.6 is 0 Å². The van der Waals surface area contributed by atoms with Crippen LogP contribution in [0.2, 0.25) is 0 Å². The second-order valence-corrected chi connectivity index (χ2v) is 5.86. The van der Waals surface area contributed by atoms with Crippen LogP contribution in [0.1, 0.15) is 18.4 Å². The van der Waals surface area contributed by atoms with Gasteiger partial charge in [0.25, 0.3) is 5.91 Å². The van der Waals surface area contributed by atoms with Crippen LogP contribution in [0.4, 0.5) is 0 Å². The summed E-state index contributed by atoms with van der Waals surface area (Å²) in [5.41, 5.74) is 1.05. The Morgan fingerprint density at radius 2 is 1.88 bits per heavy atom. The summed E-state index contributed by atoms with van der Waals surface area (Å²) < 4.78 is 10.6. The number of ether oxygens (including phenoxy) is 2. The Kier molecular flexibility index (Phi) is 4.89. The van der Waals surface area contributed by atoms with Gasteiger partial charge in [0.2, 0.25) is 0 Å². The van der Waals surface area contributed by atoms with Crippen molar-refractivity contribution >= 4 is 5.91 Å². The highest BCUT2D eigenvalue weighted by atomic mass is 16.5. The molecule has 5 nitrogen and oxygen atoms in total. The van der Waals surface area contributed by atoms with E-state index >= 15 is 0 Å². The number of hydrogen-bond acceptors (Lipinski definition) is 4. The summed E-state index contributed by atoms with van der Waals surface area (Å²) in [6.45, 7) is 0.474. The minimum Gasteiger partial charge on any atom is -0.504 e. The maximum absolute atomic E-state index is 12.5. The first kappa shape index (κ1) is 16.2. The molecule has 1 aliphatic carbocycles. The molecule has 5 heteroatoms. The molecule has 126 valence electrons. The Morgan fingerprint density at radius 1 is 1.17 bits per heavy atom. The molecule has 1 N–H and O–H groups in total. The predicted molar refractivity (Wildman–Crippen MR) is 90.2 cm³/mol. The lowest BCUT2D eigenvalue weighted by atomic mass is 10.2. The first-order valence-corrected chi connectivity index (χ1v) is 8.00. The molecule has 2 aromatic carbocycles. The molecule has 0 aliphatic heterocycles. The number of phenols is 1. The highest BCUT2D eigenvalue weighted by Crippen LogP contribution is 2.29. The number of aromatic hydroxyl groups is 1. The number of para-hydroxylation sites is 2. The van der Waals surface area contributed by atoms with Gasteiger partial charge in [-0.1, -0.05) is 24.3 Å². The largest absolute Gasteiger partial charge is 0.504 e. The molecule has 1 fully saturated rings. The third kappa shape index (κ3) is 3.98. The first-order chi connectivity index (χ1) is 11.7. The molecule has 0 atom stereocenters. The topological polar surface area (TPSA) is 59.0 Å². The van der Waals surface area contributed by atoms with Gasteiger partial charge in [-0.3, -0.25) is 4.79 Å². The van der Waals surface area contributed by atoms with Crippen molar-refractivity contribution in [2.45, 2.75) is 25.4 Å². The Bertz CT molecular complexity index is 695. The van der Waals surface area contributed by atoms with Gasteiger partial charge in [0.15, 0.2) is 18.1 Å². The first-order valence-electron chi connectivity index (χ1n) is 8.00. The number of rotatable bonds is 7. The zero-order valence-electron chi connectivity index (χ0n) is 13.6. The minimum atomic E-state index is -0.0791. The fraction of sp³-hybridized carbons (Fsp3) is 0.316. The van der Waals surface area contributed by atoms with Gasteiger partial charge < -0.3 is 19.5 Å². The highest BCUT2D eigenvalue weighted by Gasteiger charge is 2.32. The summed E-state index contributed by atoms with van der Waals surface area (Å²) in [6.07, 6.45) is 2.05. The molecule has 0 heterocycles. The summed E-state index contributed by atoms with van der Waals surface area (Å²) in [5.74, 6) is 1.09. The summed E-state index contributed by atoms with van der Waals surface area (Å²) in [7, 11) is 1.63. The Labute approximate surface area is 141 Å². The Morgan fingerprint density at radius 3 is 2.50 bits per heavy atom. The van der Waals surface area contributed by atoms with Crippen molar-refractivity contribution in [1.29, 1.82) is 0 Å². The smallest absolute Gasteiger partial charge is 0.261 e. The zero-order valence-corrected chi connectivity index (χ0v) is 13.6. The van der Waals surface area contributed by atoms with Crippen molar-refractivity contribution in [3.8, 4) is 17.2 Å². The third-order valence-corrected chi connectivity index (χ3v) is 4.04. The van der Waals surface area contributed by atoms with Gasteiger partial charge in [-0.25, -0.2) is 0 Å². The van der Waals surface area contributed by atoms with Crippen molar-refractivity contribution in [1.82, 2.24) is 4.90 Å². The van der Waals surface area contributed by atoms with Gasteiger partial charge in [0.1, 0.15) is 5.75 Å². The van der Waals surface area contributed by atoms with Crippen molar-refractivity contribution in [3.05, 3.63) is 54.1 Å². The van der Waals surface area contributed by atoms with Crippen molar-refractivity contribution in [2.24, 2.45) is 0 Å². The maximum atomic E-state index is 12.5. The Hall–Kier alpha value is -2.69. The number of methoxy groups -OCH3 is 1. The van der Waals surface area contributed by atoms with Crippen LogP contribution in [-0.4, -0.2) is 35.7 Å². The van der Waals surface area contributed by atoms with Crippen LogP contribution in [-0.2, 0) is 11.3 Å². The van der Waals surface area contributed by atoms with E-state index in [9.17, 15) is 9.90 Å². The lowest BCUT2D eigenvalue weighted by Gasteiger charge is -2.23. The molecule has 0 radical (unpaired) electrons. The van der Waals surface area contributed by atoms with E-state index in [0.717, 1.165) is 24.2 Å². The summed E-state index contributed by atoms with van der Waals surface area (Å²) in [6, 6.07) is 14.7. The number of amides is 1. The standard InChI is InChI=1S/C19H21NO4/c1-23-16-10-6-14(7-11-16)12-20(15-8-9-15)19(22)13-24-18-5-3-2-4-17(18)21/h2-7,10-11,15,21H,8-9,12-13H2,1H3. The van der Waals surface area contributed by atoms with Gasteiger partial charge in [-0.05, 0) is 42.7 Å². The van der Waals surface area contributed by atoms with E-state index in [0.29, 0.717) is 12.3 Å². The van der Waals surface area contributed by atoms with E-state index < -0.39 is 0 Å². The van der Waals surface area contributed by atoms with E-state index in [1.54, 1.807) is 25.3 Å². The molecule has 0 aromatic heterocycles. The van der Waals surface area contributed by atoms with Gasteiger partial charge in [0, 0.05) is 12.6 Å². The average molecular weight is 327 g/mol. The highest BCUT2D eigenvalue weighted by molar-refractivity contribution is 5.78. The molecule has 3 rings (SSSR count). The van der Waals surface area contributed by atoms with E-state index in [1.165, 1.54) is 6.07 Å². The molecule has 2 aromatic rings. The van der Waals surface area contributed by atoms with Gasteiger partial charge in [0.05, 0.1) is 7.11 Å².